The van der Waals surface area contributed by atoms with Crippen LogP contribution in [0.25, 0.3) is 32.3 Å². The second-order valence-electron chi connectivity index (χ2n) is 9.73. The fourth-order valence-corrected chi connectivity index (χ4v) is 4.94. The van der Waals surface area contributed by atoms with E-state index in [1.807, 2.05) is 0 Å². The van der Waals surface area contributed by atoms with Crippen LogP contribution in [0.5, 0.6) is 0 Å². The van der Waals surface area contributed by atoms with Crippen molar-refractivity contribution in [1.82, 2.24) is 0 Å². The van der Waals surface area contributed by atoms with Crippen molar-refractivity contribution in [2.45, 2.75) is 59.3 Å². The van der Waals surface area contributed by atoms with E-state index in [0.29, 0.717) is 0 Å². The third kappa shape index (κ3) is 13.3. The topological polar surface area (TPSA) is 0 Å². The smallest absolute Gasteiger partial charge is 1.00 e. The molecule has 42 heavy (non-hydrogen) atoms. The molecule has 0 fully saturated rings. The number of hydrogen-bond donors (Lipinski definition) is 0. The van der Waals surface area contributed by atoms with Crippen LogP contribution in [0.4, 0.5) is 0 Å². The first-order valence-corrected chi connectivity index (χ1v) is 13.6. The quantitative estimate of drug-likeness (QED) is 0.225. The molecule has 0 atom stereocenters. The summed E-state index contributed by atoms with van der Waals surface area (Å²) in [6.07, 6.45) is 7.31. The van der Waals surface area contributed by atoms with Crippen LogP contribution in [0.15, 0.2) is 109 Å². The summed E-state index contributed by atoms with van der Waals surface area (Å²) >= 11 is 0. The molecule has 216 valence electrons. The van der Waals surface area contributed by atoms with Gasteiger partial charge in [-0.2, -0.15) is 18.2 Å². The molecule has 0 saturated heterocycles. The Hall–Kier alpha value is -1.07. The van der Waals surface area contributed by atoms with Gasteiger partial charge in [0.05, 0.1) is 0 Å². The van der Waals surface area contributed by atoms with Crippen molar-refractivity contribution in [1.29, 1.82) is 0 Å². The van der Waals surface area contributed by atoms with E-state index in [1.165, 1.54) is 87.5 Å². The Morgan fingerprint density at radius 3 is 0.857 bits per heavy atom. The van der Waals surface area contributed by atoms with E-state index >= 15 is 0 Å². The predicted molar refractivity (Wildman–Crippen MR) is 161 cm³/mol. The molecule has 0 aliphatic heterocycles. The Kier molecular flexibility index (Phi) is 26.2. The van der Waals surface area contributed by atoms with Crippen LogP contribution in [0.3, 0.4) is 0 Å². The van der Waals surface area contributed by atoms with E-state index in [4.69, 9.17) is 0 Å². The molecule has 0 bridgehead atoms. The Bertz CT molecular complexity index is 1220. The van der Waals surface area contributed by atoms with Crippen molar-refractivity contribution in [3.63, 3.8) is 0 Å². The zero-order chi connectivity index (χ0) is 25.2. The van der Waals surface area contributed by atoms with E-state index in [2.05, 4.69) is 130 Å². The van der Waals surface area contributed by atoms with Gasteiger partial charge in [-0.05, 0) is 19.3 Å². The fraction of sp³-hybridized carbons (Fsp3) is 0.250. The van der Waals surface area contributed by atoms with Crippen molar-refractivity contribution in [3.8, 4) is 0 Å². The van der Waals surface area contributed by atoms with Crippen LogP contribution in [0.1, 0.15) is 56.7 Å². The van der Waals surface area contributed by atoms with Gasteiger partial charge in [-0.3, -0.25) is 0 Å². The summed E-state index contributed by atoms with van der Waals surface area (Å²) in [4.78, 5) is 0. The zero-order valence-electron chi connectivity index (χ0n) is 24.8. The largest absolute Gasteiger partial charge is 2.00 e. The average Bonchev–Trinajstić information content (AvgIpc) is 3.61. The van der Waals surface area contributed by atoms with Gasteiger partial charge >= 0.3 is 78.6 Å². The van der Waals surface area contributed by atoms with Gasteiger partial charge in [0.25, 0.3) is 0 Å². The number of rotatable bonds is 6. The summed E-state index contributed by atoms with van der Waals surface area (Å²) < 4.78 is 0. The standard InChI is InChI=1S/3C12H13.3FH.3Zr/c3*1-2-5-10-8-11-6-3-4-7-12(11)9-10;;;;;;/h3*3-4,6-9H,2,5H2,1H3;3*1H;;;/q3*-1;;;;3*+2/p-3. The number of aryl methyl sites for hydroxylation is 3. The molecule has 0 unspecified atom stereocenters. The second kappa shape index (κ2) is 24.3. The van der Waals surface area contributed by atoms with Crippen molar-refractivity contribution in [2.24, 2.45) is 0 Å². The molecule has 0 N–H and O–H groups in total. The fourth-order valence-electron chi connectivity index (χ4n) is 4.94. The molecule has 0 heterocycles. The molecule has 0 radical (unpaired) electrons. The van der Waals surface area contributed by atoms with Gasteiger partial charge in [0.2, 0.25) is 0 Å². The van der Waals surface area contributed by atoms with Gasteiger partial charge in [-0.1, -0.05) is 58.2 Å². The predicted octanol–water partition coefficient (Wildman–Crippen LogP) is 1.54. The van der Waals surface area contributed by atoms with E-state index in [-0.39, 0.29) is 92.7 Å². The summed E-state index contributed by atoms with van der Waals surface area (Å²) in [5.41, 5.74) is 4.41. The molecule has 0 aromatic heterocycles. The first-order valence-electron chi connectivity index (χ1n) is 13.6. The molecular formula is C36H39F3Zr3. The van der Waals surface area contributed by atoms with E-state index < -0.39 is 0 Å². The monoisotopic (exact) mass is 798 g/mol. The van der Waals surface area contributed by atoms with Crippen molar-refractivity contribution in [2.75, 3.05) is 0 Å². The summed E-state index contributed by atoms with van der Waals surface area (Å²) in [6, 6.07) is 39.4. The molecule has 6 aromatic carbocycles. The van der Waals surface area contributed by atoms with Gasteiger partial charge in [-0.15, -0.1) is 122 Å². The maximum atomic E-state index is 2.29. The second-order valence-corrected chi connectivity index (χ2v) is 9.73. The summed E-state index contributed by atoms with van der Waals surface area (Å²) in [5.74, 6) is 0. The van der Waals surface area contributed by atoms with Crippen LogP contribution >= 0.6 is 0 Å². The van der Waals surface area contributed by atoms with E-state index in [0.717, 1.165) is 0 Å². The Morgan fingerprint density at radius 2 is 0.643 bits per heavy atom. The van der Waals surface area contributed by atoms with Crippen molar-refractivity contribution < 1.29 is 92.7 Å². The molecule has 0 aliphatic rings. The molecule has 0 amide bonds. The first-order chi connectivity index (χ1) is 17.7. The van der Waals surface area contributed by atoms with Crippen LogP contribution in [-0.2, 0) is 97.9 Å². The molecule has 6 heteroatoms. The molecule has 6 aromatic rings. The van der Waals surface area contributed by atoms with Gasteiger partial charge in [0, 0.05) is 0 Å². The number of hydrogen-bond acceptors (Lipinski definition) is 0. The molecule has 0 nitrogen and oxygen atoms in total. The minimum absolute atomic E-state index is 0. The molecule has 6 rings (SSSR count). The Labute approximate surface area is 307 Å². The first kappa shape index (κ1) is 45.4. The maximum Gasteiger partial charge on any atom is 2.00 e. The van der Waals surface area contributed by atoms with E-state index in [1.54, 1.807) is 0 Å². The molecule has 0 spiro atoms. The van der Waals surface area contributed by atoms with Crippen molar-refractivity contribution >= 4 is 32.3 Å². The number of benzene rings is 3. The van der Waals surface area contributed by atoms with Crippen LogP contribution in [0, 0.1) is 0 Å². The van der Waals surface area contributed by atoms with Crippen LogP contribution in [-0.4, -0.2) is 0 Å². The Balaban J connectivity index is -0.000000507. The summed E-state index contributed by atoms with van der Waals surface area (Å²) in [7, 11) is 0. The molecule has 0 aliphatic carbocycles. The van der Waals surface area contributed by atoms with Crippen LogP contribution in [0.2, 0.25) is 0 Å². The number of halogens is 3. The Morgan fingerprint density at radius 1 is 0.405 bits per heavy atom. The summed E-state index contributed by atoms with van der Waals surface area (Å²) in [5, 5.41) is 8.26. The molecule has 0 saturated carbocycles. The van der Waals surface area contributed by atoms with Crippen molar-refractivity contribution in [3.05, 3.63) is 126 Å². The maximum absolute atomic E-state index is 2.29. The molecular weight excluding hydrogens is 763 g/mol. The normalized spacial score (nSPS) is 9.21. The SMILES string of the molecule is CCCc1cc2ccccc2[cH-]1.CCCc1cc2ccccc2[cH-]1.CCCc1cc2ccccc2[cH-]1.[F-].[F-].[F-].[Zr+2].[Zr+2].[Zr+2]. The third-order valence-electron chi connectivity index (χ3n) is 6.65. The third-order valence-corrected chi connectivity index (χ3v) is 6.65. The van der Waals surface area contributed by atoms with Crippen LogP contribution < -0.4 is 14.1 Å². The minimum Gasteiger partial charge on any atom is -1.00 e. The minimum atomic E-state index is 0. The zero-order valence-corrected chi connectivity index (χ0v) is 32.1. The summed E-state index contributed by atoms with van der Waals surface area (Å²) in [6.45, 7) is 6.66. The van der Waals surface area contributed by atoms with Gasteiger partial charge in [0.15, 0.2) is 0 Å². The number of fused-ring (bicyclic) bond motifs is 3. The van der Waals surface area contributed by atoms with Gasteiger partial charge < -0.3 is 14.1 Å². The van der Waals surface area contributed by atoms with Gasteiger partial charge in [-0.25, -0.2) is 0 Å². The van der Waals surface area contributed by atoms with Gasteiger partial charge in [0.1, 0.15) is 0 Å². The average molecular weight is 802 g/mol. The van der Waals surface area contributed by atoms with E-state index in [9.17, 15) is 0 Å².